The number of alkyl halides is 3. The average molecular weight is 522 g/mol. The van der Waals surface area contributed by atoms with E-state index in [1.54, 1.807) is 61.5 Å². The quantitative estimate of drug-likeness (QED) is 0.303. The Morgan fingerprint density at radius 1 is 1.00 bits per heavy atom. The van der Waals surface area contributed by atoms with Crippen molar-refractivity contribution in [3.8, 4) is 11.1 Å². The summed E-state index contributed by atoms with van der Waals surface area (Å²) in [4.78, 5) is 4.05. The maximum absolute atomic E-state index is 12.7. The number of anilines is 1. The van der Waals surface area contributed by atoms with Crippen LogP contribution in [0.3, 0.4) is 0 Å². The highest BCUT2D eigenvalue weighted by molar-refractivity contribution is 7.92. The van der Waals surface area contributed by atoms with Gasteiger partial charge in [-0.05, 0) is 60.0 Å². The molecule has 1 atom stereocenters. The number of nitrogen functional groups attached to an aromatic ring is 1. The molecule has 0 spiro atoms. The second kappa shape index (κ2) is 9.67. The van der Waals surface area contributed by atoms with Gasteiger partial charge in [0.15, 0.2) is 0 Å². The van der Waals surface area contributed by atoms with Crippen LogP contribution in [-0.4, -0.2) is 30.1 Å². The molecular formula is C24H22F3N3O3S2. The van der Waals surface area contributed by atoms with Crippen molar-refractivity contribution in [2.45, 2.75) is 22.2 Å². The lowest BCUT2D eigenvalue weighted by Gasteiger charge is -2.11. The largest absolute Gasteiger partial charge is 0.501 e. The molecular weight excluding hydrogens is 499 g/mol. The molecule has 3 aromatic rings. The summed E-state index contributed by atoms with van der Waals surface area (Å²) in [5.74, 6) is 0. The molecule has 0 fully saturated rings. The molecule has 3 aromatic carbocycles. The van der Waals surface area contributed by atoms with Gasteiger partial charge >= 0.3 is 5.51 Å². The van der Waals surface area contributed by atoms with Crippen LogP contribution in [0.4, 0.5) is 24.5 Å². The fourth-order valence-electron chi connectivity index (χ4n) is 3.19. The third-order valence-corrected chi connectivity index (χ3v) is 7.65. The topological polar surface area (TPSA) is 113 Å². The predicted molar refractivity (Wildman–Crippen MR) is 133 cm³/mol. The van der Waals surface area contributed by atoms with Gasteiger partial charge in [0.2, 0.25) is 0 Å². The molecule has 3 N–H and O–H groups in total. The van der Waals surface area contributed by atoms with Crippen LogP contribution in [0.5, 0.6) is 0 Å². The minimum Gasteiger partial charge on any atom is -0.397 e. The molecule has 0 aliphatic carbocycles. The minimum absolute atomic E-state index is 0.392. The number of allylic oxidation sites excluding steroid dienone is 1. The predicted octanol–water partition coefficient (Wildman–Crippen LogP) is 6.07. The summed E-state index contributed by atoms with van der Waals surface area (Å²) in [5, 5.41) is 0. The van der Waals surface area contributed by atoms with Gasteiger partial charge in [0.05, 0.1) is 30.9 Å². The van der Waals surface area contributed by atoms with Crippen LogP contribution in [0.1, 0.15) is 12.5 Å². The van der Waals surface area contributed by atoms with E-state index in [0.717, 1.165) is 12.1 Å². The number of rotatable bonds is 6. The summed E-state index contributed by atoms with van der Waals surface area (Å²) in [5.41, 5.74) is 3.86. The van der Waals surface area contributed by atoms with Crippen molar-refractivity contribution in [1.82, 2.24) is 0 Å². The number of sulfone groups is 1. The second-order valence-electron chi connectivity index (χ2n) is 7.72. The van der Waals surface area contributed by atoms with Crippen LogP contribution in [0.15, 0.2) is 87.6 Å². The molecule has 11 heteroatoms. The lowest BCUT2D eigenvalue weighted by molar-refractivity contribution is -0.0436. The van der Waals surface area contributed by atoms with E-state index in [2.05, 4.69) is 4.99 Å². The number of aliphatic imine (C=N–C) groups is 1. The van der Waals surface area contributed by atoms with Gasteiger partial charge in [-0.3, -0.25) is 4.99 Å². The molecule has 35 heavy (non-hydrogen) atoms. The number of nitrogens with zero attached hydrogens (tertiary/aromatic N) is 1. The van der Waals surface area contributed by atoms with Crippen molar-refractivity contribution in [3.63, 3.8) is 0 Å². The number of hydrogen-bond donors (Lipinski definition) is 2. The van der Waals surface area contributed by atoms with Crippen molar-refractivity contribution < 1.29 is 25.8 Å². The summed E-state index contributed by atoms with van der Waals surface area (Å²) in [6.45, 7) is 1.70. The molecule has 0 heterocycles. The molecule has 0 bridgehead atoms. The Morgan fingerprint density at radius 3 is 2.23 bits per heavy atom. The Balaban J connectivity index is 1.89. The molecule has 0 radical (unpaired) electrons. The molecule has 0 aliphatic heterocycles. The first-order valence-corrected chi connectivity index (χ1v) is 13.5. The zero-order valence-electron chi connectivity index (χ0n) is 18.7. The summed E-state index contributed by atoms with van der Waals surface area (Å²) in [6, 6.07) is 16.3. The van der Waals surface area contributed by atoms with E-state index in [4.69, 9.17) is 10.5 Å². The van der Waals surface area contributed by atoms with Gasteiger partial charge in [-0.15, -0.1) is 0 Å². The first-order chi connectivity index (χ1) is 16.2. The minimum atomic E-state index is -5.40. The standard InChI is InChI=1S/C24H22F3N3O3S2/c1-16(7-8-17-9-12-19(13-10-17)35(32,33)24(25,26)27)30-22-15-18(11-14-21(22)28)20-5-3-4-6-23(20)34(2,29)31/h3-15,29H,28H2,1-2H3/b8-7+,30-16?. The first-order valence-electron chi connectivity index (χ1n) is 10.1. The SMILES string of the molecule is CC(/C=C/c1ccc(S(=O)(=O)C(F)(F)F)cc1)=Nc1cc(-c2ccccc2S(C)(=N)=O)ccc1N. The molecule has 184 valence electrons. The third-order valence-electron chi connectivity index (χ3n) is 4.96. The van der Waals surface area contributed by atoms with Crippen LogP contribution in [0, 0.1) is 4.78 Å². The van der Waals surface area contributed by atoms with Crippen LogP contribution < -0.4 is 5.73 Å². The fourth-order valence-corrected chi connectivity index (χ4v) is 4.89. The van der Waals surface area contributed by atoms with Crippen molar-refractivity contribution in [3.05, 3.63) is 78.4 Å². The van der Waals surface area contributed by atoms with Crippen LogP contribution in [0.25, 0.3) is 17.2 Å². The number of nitrogens with two attached hydrogens (primary N) is 1. The van der Waals surface area contributed by atoms with Gasteiger partial charge < -0.3 is 5.73 Å². The number of benzene rings is 3. The lowest BCUT2D eigenvalue weighted by Crippen LogP contribution is -2.23. The van der Waals surface area contributed by atoms with E-state index in [9.17, 15) is 25.8 Å². The van der Waals surface area contributed by atoms with Gasteiger partial charge in [0.1, 0.15) is 0 Å². The summed E-state index contributed by atoms with van der Waals surface area (Å²) >= 11 is 0. The first kappa shape index (κ1) is 26.2. The van der Waals surface area contributed by atoms with Gasteiger partial charge in [0, 0.05) is 12.0 Å². The maximum Gasteiger partial charge on any atom is 0.501 e. The smallest absolute Gasteiger partial charge is 0.397 e. The van der Waals surface area contributed by atoms with E-state index in [1.165, 1.54) is 18.4 Å². The van der Waals surface area contributed by atoms with Crippen LogP contribution in [-0.2, 0) is 19.6 Å². The Morgan fingerprint density at radius 2 is 1.63 bits per heavy atom. The average Bonchev–Trinajstić information content (AvgIpc) is 2.78. The molecule has 0 amide bonds. The van der Waals surface area contributed by atoms with Crippen molar-refractivity contribution in [2.75, 3.05) is 12.0 Å². The highest BCUT2D eigenvalue weighted by atomic mass is 32.2. The molecule has 0 saturated carbocycles. The normalized spacial score (nSPS) is 14.7. The Hall–Kier alpha value is -3.44. The zero-order valence-corrected chi connectivity index (χ0v) is 20.3. The summed E-state index contributed by atoms with van der Waals surface area (Å²) in [6.07, 6.45) is 4.53. The highest BCUT2D eigenvalue weighted by Gasteiger charge is 2.46. The summed E-state index contributed by atoms with van der Waals surface area (Å²) < 4.78 is 81.3. The molecule has 6 nitrogen and oxygen atoms in total. The van der Waals surface area contributed by atoms with Crippen LogP contribution in [0.2, 0.25) is 0 Å². The van der Waals surface area contributed by atoms with Gasteiger partial charge in [-0.2, -0.15) is 13.2 Å². The van der Waals surface area contributed by atoms with Gasteiger partial charge in [-0.25, -0.2) is 17.4 Å². The van der Waals surface area contributed by atoms with E-state index in [0.29, 0.717) is 38.7 Å². The number of hydrogen-bond acceptors (Lipinski definition) is 6. The fraction of sp³-hybridized carbons (Fsp3) is 0.125. The monoisotopic (exact) mass is 521 g/mol. The summed E-state index contributed by atoms with van der Waals surface area (Å²) in [7, 11) is -8.37. The lowest BCUT2D eigenvalue weighted by atomic mass is 10.0. The van der Waals surface area contributed by atoms with Gasteiger partial charge in [-0.1, -0.05) is 42.5 Å². The maximum atomic E-state index is 12.7. The van der Waals surface area contributed by atoms with Gasteiger partial charge in [0.25, 0.3) is 9.84 Å². The van der Waals surface area contributed by atoms with Crippen LogP contribution >= 0.6 is 0 Å². The van der Waals surface area contributed by atoms with E-state index in [-0.39, 0.29) is 0 Å². The second-order valence-corrected chi connectivity index (χ2v) is 11.8. The third kappa shape index (κ3) is 5.98. The zero-order chi connectivity index (χ0) is 26.0. The molecule has 3 rings (SSSR count). The number of halogens is 3. The Labute approximate surface area is 201 Å². The van der Waals surface area contributed by atoms with Crippen molar-refractivity contribution >= 4 is 42.7 Å². The van der Waals surface area contributed by atoms with E-state index in [1.807, 2.05) is 0 Å². The van der Waals surface area contributed by atoms with E-state index < -0.39 is 30.0 Å². The molecule has 1 unspecified atom stereocenters. The highest BCUT2D eigenvalue weighted by Crippen LogP contribution is 2.33. The number of nitrogens with one attached hydrogen (secondary N) is 1. The molecule has 0 aliphatic rings. The molecule has 0 saturated heterocycles. The Bertz CT molecular complexity index is 1530. The van der Waals surface area contributed by atoms with Crippen molar-refractivity contribution in [1.29, 1.82) is 4.78 Å². The Kier molecular flexibility index (Phi) is 7.23. The van der Waals surface area contributed by atoms with Crippen molar-refractivity contribution in [2.24, 2.45) is 4.99 Å². The molecule has 0 aromatic heterocycles. The van der Waals surface area contributed by atoms with E-state index >= 15 is 0 Å².